The number of fused-ring (bicyclic) bond motifs is 2. The molecule has 4 aromatic rings. The van der Waals surface area contributed by atoms with Crippen molar-refractivity contribution in [3.05, 3.63) is 73.9 Å². The van der Waals surface area contributed by atoms with E-state index in [0.717, 1.165) is 23.8 Å². The summed E-state index contributed by atoms with van der Waals surface area (Å²) in [6.07, 6.45) is 3.46. The lowest BCUT2D eigenvalue weighted by molar-refractivity contribution is 0.301. The topological polar surface area (TPSA) is 73.8 Å². The molecule has 0 saturated carbocycles. The summed E-state index contributed by atoms with van der Waals surface area (Å²) in [7, 11) is 0. The maximum atomic E-state index is 12.0. The van der Waals surface area contributed by atoms with E-state index >= 15 is 0 Å². The Morgan fingerprint density at radius 3 is 2.96 bits per heavy atom. The maximum Gasteiger partial charge on any atom is 0.336 e. The fraction of sp³-hybridized carbons (Fsp3) is 0.211. The fourth-order valence-electron chi connectivity index (χ4n) is 2.90. The summed E-state index contributed by atoms with van der Waals surface area (Å²) in [5, 5.41) is 2.73. The predicted molar refractivity (Wildman–Crippen MR) is 100 cm³/mol. The van der Waals surface area contributed by atoms with Crippen molar-refractivity contribution in [2.75, 3.05) is 0 Å². The molecule has 0 radical (unpaired) electrons. The van der Waals surface area contributed by atoms with Gasteiger partial charge in [-0.2, -0.15) is 0 Å². The molecule has 0 fully saturated rings. The van der Waals surface area contributed by atoms with E-state index in [0.29, 0.717) is 22.0 Å². The summed E-state index contributed by atoms with van der Waals surface area (Å²) in [4.78, 5) is 28.8. The molecular formula is C19H16N2O4S. The number of aryl methyl sites for hydroxylation is 1. The van der Waals surface area contributed by atoms with Crippen molar-refractivity contribution >= 4 is 27.3 Å². The third-order valence-electron chi connectivity index (χ3n) is 4.06. The van der Waals surface area contributed by atoms with E-state index in [4.69, 9.17) is 9.15 Å². The van der Waals surface area contributed by atoms with Crippen LogP contribution in [0.1, 0.15) is 24.6 Å². The second-order valence-electron chi connectivity index (χ2n) is 5.93. The predicted octanol–water partition coefficient (Wildman–Crippen LogP) is 3.39. The molecule has 132 valence electrons. The molecule has 0 atom stereocenters. The van der Waals surface area contributed by atoms with Crippen molar-refractivity contribution < 1.29 is 9.15 Å². The van der Waals surface area contributed by atoms with E-state index in [2.05, 4.69) is 11.9 Å². The molecule has 3 aromatic heterocycles. The lowest BCUT2D eigenvalue weighted by Crippen LogP contribution is -2.14. The highest BCUT2D eigenvalue weighted by Gasteiger charge is 2.08. The lowest BCUT2D eigenvalue weighted by Gasteiger charge is -2.08. The number of aromatic nitrogens is 2. The molecule has 4 rings (SSSR count). The van der Waals surface area contributed by atoms with Gasteiger partial charge < -0.3 is 9.15 Å². The lowest BCUT2D eigenvalue weighted by atomic mass is 10.1. The van der Waals surface area contributed by atoms with Gasteiger partial charge in [0.1, 0.15) is 17.9 Å². The van der Waals surface area contributed by atoms with E-state index in [9.17, 15) is 9.59 Å². The summed E-state index contributed by atoms with van der Waals surface area (Å²) >= 11 is 1.39. The molecule has 0 spiro atoms. The van der Waals surface area contributed by atoms with Crippen LogP contribution in [0.15, 0.2) is 55.9 Å². The highest BCUT2D eigenvalue weighted by molar-refractivity contribution is 7.15. The molecular weight excluding hydrogens is 352 g/mol. The Hall–Kier alpha value is -2.93. The summed E-state index contributed by atoms with van der Waals surface area (Å²) in [6, 6.07) is 8.42. The fourth-order valence-corrected chi connectivity index (χ4v) is 3.63. The summed E-state index contributed by atoms with van der Waals surface area (Å²) in [6.45, 7) is 2.23. The first kappa shape index (κ1) is 16.5. The zero-order valence-electron chi connectivity index (χ0n) is 14.1. The number of ether oxygens (including phenoxy) is 1. The minimum Gasteiger partial charge on any atom is -0.487 e. The first-order valence-electron chi connectivity index (χ1n) is 8.29. The molecule has 0 N–H and O–H groups in total. The number of nitrogens with zero attached hydrogens (tertiary/aromatic N) is 2. The Morgan fingerprint density at radius 2 is 2.12 bits per heavy atom. The largest absolute Gasteiger partial charge is 0.487 e. The average molecular weight is 368 g/mol. The Morgan fingerprint density at radius 1 is 1.23 bits per heavy atom. The minimum atomic E-state index is -0.365. The third-order valence-corrected chi connectivity index (χ3v) is 4.82. The van der Waals surface area contributed by atoms with Gasteiger partial charge in [0.25, 0.3) is 5.56 Å². The van der Waals surface area contributed by atoms with Crippen LogP contribution in [0, 0.1) is 0 Å². The highest BCUT2D eigenvalue weighted by atomic mass is 32.1. The first-order chi connectivity index (χ1) is 12.6. The smallest absolute Gasteiger partial charge is 0.336 e. The van der Waals surface area contributed by atoms with Gasteiger partial charge in [-0.1, -0.05) is 13.3 Å². The van der Waals surface area contributed by atoms with Gasteiger partial charge in [0.2, 0.25) is 0 Å². The average Bonchev–Trinajstić information content (AvgIpc) is 3.09. The van der Waals surface area contributed by atoms with Crippen molar-refractivity contribution in [1.82, 2.24) is 9.38 Å². The van der Waals surface area contributed by atoms with Crippen LogP contribution in [0.25, 0.3) is 15.9 Å². The first-order valence-corrected chi connectivity index (χ1v) is 9.17. The normalized spacial score (nSPS) is 11.3. The van der Waals surface area contributed by atoms with Crippen LogP contribution in [0.4, 0.5) is 0 Å². The van der Waals surface area contributed by atoms with E-state index in [1.54, 1.807) is 18.3 Å². The van der Waals surface area contributed by atoms with Crippen LogP contribution in [0.3, 0.4) is 0 Å². The molecule has 3 heterocycles. The van der Waals surface area contributed by atoms with Crippen LogP contribution < -0.4 is 15.9 Å². The molecule has 0 unspecified atom stereocenters. The van der Waals surface area contributed by atoms with Gasteiger partial charge >= 0.3 is 5.63 Å². The van der Waals surface area contributed by atoms with Crippen molar-refractivity contribution in [3.63, 3.8) is 0 Å². The molecule has 0 bridgehead atoms. The molecule has 0 aliphatic rings. The van der Waals surface area contributed by atoms with Crippen molar-refractivity contribution in [2.24, 2.45) is 0 Å². The van der Waals surface area contributed by atoms with Crippen LogP contribution in [-0.4, -0.2) is 9.38 Å². The Kier molecular flexibility index (Phi) is 4.30. The second kappa shape index (κ2) is 6.76. The SMILES string of the molecule is CCCc1cc(=O)oc2cc(OCc3cc(=O)n4ccsc4n3)ccc12. The van der Waals surface area contributed by atoms with E-state index in [1.165, 1.54) is 21.8 Å². The molecule has 26 heavy (non-hydrogen) atoms. The number of thiazole rings is 1. The zero-order valence-corrected chi connectivity index (χ0v) is 14.9. The highest BCUT2D eigenvalue weighted by Crippen LogP contribution is 2.24. The third kappa shape index (κ3) is 3.13. The zero-order chi connectivity index (χ0) is 18.1. The molecule has 0 amide bonds. The Balaban J connectivity index is 1.62. The summed E-state index contributed by atoms with van der Waals surface area (Å²) in [5.41, 5.74) is 1.53. The van der Waals surface area contributed by atoms with Gasteiger partial charge in [-0.15, -0.1) is 11.3 Å². The van der Waals surface area contributed by atoms with Crippen molar-refractivity contribution in [1.29, 1.82) is 0 Å². The van der Waals surface area contributed by atoms with Gasteiger partial charge in [0.05, 0.1) is 5.69 Å². The molecule has 1 aromatic carbocycles. The van der Waals surface area contributed by atoms with Gasteiger partial charge in [-0.05, 0) is 24.1 Å². The van der Waals surface area contributed by atoms with E-state index in [1.807, 2.05) is 17.5 Å². The molecule has 0 aliphatic heterocycles. The summed E-state index contributed by atoms with van der Waals surface area (Å²) < 4.78 is 12.6. The van der Waals surface area contributed by atoms with Crippen LogP contribution in [-0.2, 0) is 13.0 Å². The molecule has 0 aliphatic carbocycles. The van der Waals surface area contributed by atoms with Crippen LogP contribution in [0.2, 0.25) is 0 Å². The molecule has 0 saturated heterocycles. The van der Waals surface area contributed by atoms with E-state index < -0.39 is 0 Å². The number of hydrogen-bond donors (Lipinski definition) is 0. The molecule has 7 heteroatoms. The minimum absolute atomic E-state index is 0.136. The quantitative estimate of drug-likeness (QED) is 0.505. The monoisotopic (exact) mass is 368 g/mol. The van der Waals surface area contributed by atoms with Crippen LogP contribution in [0.5, 0.6) is 5.75 Å². The summed E-state index contributed by atoms with van der Waals surface area (Å²) in [5.74, 6) is 0.558. The van der Waals surface area contributed by atoms with Crippen molar-refractivity contribution in [3.8, 4) is 5.75 Å². The second-order valence-corrected chi connectivity index (χ2v) is 6.80. The number of benzene rings is 1. The standard InChI is InChI=1S/C19H16N2O4S/c1-2-3-12-8-18(23)25-16-10-14(4-5-15(12)16)24-11-13-9-17(22)21-6-7-26-19(21)20-13/h4-10H,2-3,11H2,1H3. The Labute approximate surface area is 152 Å². The van der Waals surface area contributed by atoms with Gasteiger partial charge in [-0.25, -0.2) is 9.78 Å². The van der Waals surface area contributed by atoms with Crippen LogP contribution >= 0.6 is 11.3 Å². The molecule has 6 nitrogen and oxygen atoms in total. The van der Waals surface area contributed by atoms with Gasteiger partial charge in [-0.3, -0.25) is 9.20 Å². The maximum absolute atomic E-state index is 12.0. The van der Waals surface area contributed by atoms with E-state index in [-0.39, 0.29) is 17.8 Å². The number of hydrogen-bond acceptors (Lipinski definition) is 6. The van der Waals surface area contributed by atoms with Crippen molar-refractivity contribution in [2.45, 2.75) is 26.4 Å². The Bertz CT molecular complexity index is 1210. The van der Waals surface area contributed by atoms with Gasteiger partial charge in [0, 0.05) is 35.2 Å². The van der Waals surface area contributed by atoms with Gasteiger partial charge in [0.15, 0.2) is 4.96 Å². The number of rotatable bonds is 5.